The lowest BCUT2D eigenvalue weighted by molar-refractivity contribution is 0.145. The number of hydrogen-bond acceptors (Lipinski definition) is 8. The fourth-order valence-corrected chi connectivity index (χ4v) is 4.11. The molecule has 10 heteroatoms. The van der Waals surface area contributed by atoms with Gasteiger partial charge in [0.15, 0.2) is 12.0 Å². The first-order chi connectivity index (χ1) is 13.1. The molecule has 0 bridgehead atoms. The fraction of sp³-hybridized carbons (Fsp3) is 0.353. The van der Waals surface area contributed by atoms with Crippen molar-refractivity contribution in [2.45, 2.75) is 31.0 Å². The number of aliphatic hydroxyl groups is 1. The van der Waals surface area contributed by atoms with Crippen molar-refractivity contribution in [2.75, 3.05) is 16.7 Å². The molecular weight excluding hydrogens is 368 g/mol. The van der Waals surface area contributed by atoms with E-state index < -0.39 is 5.60 Å². The normalized spacial score (nSPS) is 24.1. The lowest BCUT2D eigenvalue weighted by Gasteiger charge is -2.42. The van der Waals surface area contributed by atoms with Gasteiger partial charge in [0.2, 0.25) is 0 Å². The molecule has 1 unspecified atom stereocenters. The van der Waals surface area contributed by atoms with Gasteiger partial charge in [0.1, 0.15) is 13.0 Å². The van der Waals surface area contributed by atoms with Gasteiger partial charge >= 0.3 is 0 Å². The fourth-order valence-electron chi connectivity index (χ4n) is 3.91. The van der Waals surface area contributed by atoms with Crippen molar-refractivity contribution in [3.8, 4) is 0 Å². The number of aromatic nitrogens is 3. The minimum atomic E-state index is -0.629. The van der Waals surface area contributed by atoms with Gasteiger partial charge in [-0.3, -0.25) is 4.42 Å². The molecule has 1 N–H and O–H groups in total. The summed E-state index contributed by atoms with van der Waals surface area (Å²) in [5, 5.41) is 22.5. The van der Waals surface area contributed by atoms with Crippen LogP contribution in [0.15, 0.2) is 47.5 Å². The molecule has 0 radical (unpaired) electrons. The maximum Gasteiger partial charge on any atom is 0.173 e. The number of halogens is 1. The molecule has 138 valence electrons. The summed E-state index contributed by atoms with van der Waals surface area (Å²) in [5.74, 6) is 0.915. The number of fused-ring (bicyclic) bond motifs is 6. The van der Waals surface area contributed by atoms with E-state index in [2.05, 4.69) is 27.3 Å². The maximum atomic E-state index is 10.3. The highest BCUT2D eigenvalue weighted by Gasteiger charge is 2.46. The van der Waals surface area contributed by atoms with Crippen molar-refractivity contribution < 1.29 is 5.11 Å². The van der Waals surface area contributed by atoms with Gasteiger partial charge in [-0.15, -0.1) is 9.89 Å². The van der Waals surface area contributed by atoms with Crippen LogP contribution >= 0.6 is 11.8 Å². The molecular formula is C17H17ClN8O. The van der Waals surface area contributed by atoms with E-state index >= 15 is 0 Å². The molecule has 1 saturated carbocycles. The zero-order valence-electron chi connectivity index (χ0n) is 14.4. The molecule has 4 aliphatic rings. The Labute approximate surface area is 160 Å². The van der Waals surface area contributed by atoms with Crippen molar-refractivity contribution in [3.05, 3.63) is 53.7 Å². The van der Waals surface area contributed by atoms with Gasteiger partial charge < -0.3 is 10.0 Å². The summed E-state index contributed by atoms with van der Waals surface area (Å²) in [6, 6.07) is 8.20. The van der Waals surface area contributed by atoms with Crippen molar-refractivity contribution in [1.82, 2.24) is 24.5 Å². The quantitative estimate of drug-likeness (QED) is 0.799. The Morgan fingerprint density at radius 2 is 2.11 bits per heavy atom. The Morgan fingerprint density at radius 3 is 2.96 bits per heavy atom. The lowest BCUT2D eigenvalue weighted by atomic mass is 10.1. The molecule has 3 aliphatic heterocycles. The second kappa shape index (κ2) is 5.14. The summed E-state index contributed by atoms with van der Waals surface area (Å²) in [6.07, 6.45) is 7.27. The number of anilines is 1. The number of hydrazine groups is 1. The molecule has 1 aliphatic carbocycles. The topological polar surface area (TPSA) is 76.3 Å². The number of benzene rings is 1. The zero-order chi connectivity index (χ0) is 18.2. The standard InChI is InChI=1S/C17H17ClN8O/c18-22-9-15-23(11-22)14-4-2-1-3-13(14)16-19-10-24(25(15)16)26-12(8-20-21-26)7-17(27)5-6-17/h1-4,8-10,16,27H,5-7,11H2. The van der Waals surface area contributed by atoms with Crippen LogP contribution in [0.25, 0.3) is 0 Å². The molecule has 0 saturated heterocycles. The van der Waals surface area contributed by atoms with Gasteiger partial charge in [-0.1, -0.05) is 18.2 Å². The predicted molar refractivity (Wildman–Crippen MR) is 98.8 cm³/mol. The van der Waals surface area contributed by atoms with Crippen LogP contribution in [0, 0.1) is 0 Å². The summed E-state index contributed by atoms with van der Waals surface area (Å²) in [7, 11) is 0. The van der Waals surface area contributed by atoms with Crippen molar-refractivity contribution in [3.63, 3.8) is 0 Å². The summed E-state index contributed by atoms with van der Waals surface area (Å²) in [6.45, 7) is 0.551. The number of aliphatic imine (C=N–C) groups is 1. The first-order valence-corrected chi connectivity index (χ1v) is 9.21. The minimum Gasteiger partial charge on any atom is -0.389 e. The number of nitrogens with zero attached hydrogens (tertiary/aromatic N) is 8. The monoisotopic (exact) mass is 384 g/mol. The summed E-state index contributed by atoms with van der Waals surface area (Å²) < 4.78 is 1.63. The van der Waals surface area contributed by atoms with E-state index in [-0.39, 0.29) is 6.17 Å². The largest absolute Gasteiger partial charge is 0.389 e. The minimum absolute atomic E-state index is 0.201. The van der Waals surface area contributed by atoms with Crippen LogP contribution in [-0.2, 0) is 6.42 Å². The third-order valence-corrected chi connectivity index (χ3v) is 5.65. The lowest BCUT2D eigenvalue weighted by Crippen LogP contribution is -2.52. The predicted octanol–water partition coefficient (Wildman–Crippen LogP) is 1.29. The van der Waals surface area contributed by atoms with E-state index in [4.69, 9.17) is 16.8 Å². The Kier molecular flexibility index (Phi) is 2.91. The molecule has 27 heavy (non-hydrogen) atoms. The van der Waals surface area contributed by atoms with Gasteiger partial charge in [0.25, 0.3) is 0 Å². The van der Waals surface area contributed by atoms with E-state index in [9.17, 15) is 5.11 Å². The second-order valence-corrected chi connectivity index (χ2v) is 7.77. The van der Waals surface area contributed by atoms with Crippen LogP contribution < -0.4 is 10.0 Å². The van der Waals surface area contributed by atoms with Gasteiger partial charge in [0, 0.05) is 23.8 Å². The van der Waals surface area contributed by atoms with E-state index in [1.807, 2.05) is 28.5 Å². The van der Waals surface area contributed by atoms with Crippen LogP contribution in [0.5, 0.6) is 0 Å². The molecule has 1 aromatic carbocycles. The van der Waals surface area contributed by atoms with Crippen LogP contribution in [0.2, 0.25) is 0 Å². The van der Waals surface area contributed by atoms with Gasteiger partial charge in [-0.25, -0.2) is 10.0 Å². The Bertz CT molecular complexity index is 983. The van der Waals surface area contributed by atoms with Gasteiger partial charge in [0.05, 0.1) is 29.4 Å². The SMILES string of the molecule is OC1(Cc2cnnn2N2C=NC3c4ccccc4N4CN(Cl)C=C4N32)CC1. The Hall–Kier alpha value is -2.78. The van der Waals surface area contributed by atoms with Crippen LogP contribution in [0.4, 0.5) is 5.69 Å². The first-order valence-electron chi connectivity index (χ1n) is 8.88. The molecule has 6 rings (SSSR count). The first kappa shape index (κ1) is 15.3. The number of hydrogen-bond donors (Lipinski definition) is 1. The maximum absolute atomic E-state index is 10.3. The van der Waals surface area contributed by atoms with Crippen LogP contribution in [0.1, 0.15) is 30.3 Å². The third kappa shape index (κ3) is 2.18. The highest BCUT2D eigenvalue weighted by Crippen LogP contribution is 2.45. The van der Waals surface area contributed by atoms with E-state index in [0.29, 0.717) is 13.1 Å². The van der Waals surface area contributed by atoms with Crippen molar-refractivity contribution in [1.29, 1.82) is 0 Å². The highest BCUT2D eigenvalue weighted by molar-refractivity contribution is 6.14. The number of rotatable bonds is 3. The molecule has 0 amide bonds. The summed E-state index contributed by atoms with van der Waals surface area (Å²) in [5.41, 5.74) is 2.41. The van der Waals surface area contributed by atoms with Crippen molar-refractivity contribution in [2.24, 2.45) is 4.99 Å². The van der Waals surface area contributed by atoms with Gasteiger partial charge in [-0.05, 0) is 24.1 Å². The highest BCUT2D eigenvalue weighted by atomic mass is 35.5. The van der Waals surface area contributed by atoms with E-state index in [1.165, 1.54) is 0 Å². The Morgan fingerprint density at radius 1 is 1.26 bits per heavy atom. The summed E-state index contributed by atoms with van der Waals surface area (Å²) >= 11 is 6.30. The Balaban J connectivity index is 1.44. The molecule has 1 aromatic heterocycles. The van der Waals surface area contributed by atoms with Crippen LogP contribution in [0.3, 0.4) is 0 Å². The molecule has 2 aromatic rings. The molecule has 4 heterocycles. The smallest absolute Gasteiger partial charge is 0.173 e. The molecule has 1 fully saturated rings. The molecule has 9 nitrogen and oxygen atoms in total. The average Bonchev–Trinajstić information content (AvgIpc) is 3.05. The van der Waals surface area contributed by atoms with Crippen molar-refractivity contribution >= 4 is 23.8 Å². The molecule has 0 spiro atoms. The van der Waals surface area contributed by atoms with Crippen LogP contribution in [-0.4, -0.2) is 48.2 Å². The molecule has 1 atom stereocenters. The van der Waals surface area contributed by atoms with E-state index in [1.54, 1.807) is 21.7 Å². The summed E-state index contributed by atoms with van der Waals surface area (Å²) in [4.78, 5) is 8.56. The third-order valence-electron chi connectivity index (χ3n) is 5.44. The second-order valence-electron chi connectivity index (χ2n) is 7.33. The number of para-hydroxylation sites is 1. The average molecular weight is 385 g/mol. The van der Waals surface area contributed by atoms with E-state index in [0.717, 1.165) is 35.6 Å². The van der Waals surface area contributed by atoms with Gasteiger partial charge in [-0.2, -0.15) is 5.12 Å². The zero-order valence-corrected chi connectivity index (χ0v) is 15.1.